The molecule has 2 unspecified atom stereocenters. The van der Waals surface area contributed by atoms with Gasteiger partial charge in [-0.1, -0.05) is 0 Å². The smallest absolute Gasteiger partial charge is 0.191 e. The number of hydrogen-bond acceptors (Lipinski definition) is 4. The molecule has 0 aromatic carbocycles. The van der Waals surface area contributed by atoms with E-state index in [1.165, 1.54) is 12.0 Å². The standard InChI is InChI=1S/C17H28N4OS/c1-13(21-6-3-16-15(11-21)5-8-23-16)9-19-17(18-2)20-10-14-4-7-22-12-14/h5,8,13-14H,3-4,6-7,9-12H2,1-2H3,(H2,18,19,20). The van der Waals surface area contributed by atoms with Crippen LogP contribution in [0, 0.1) is 5.92 Å². The zero-order valence-corrected chi connectivity index (χ0v) is 15.0. The fourth-order valence-electron chi connectivity index (χ4n) is 3.23. The SMILES string of the molecule is CN=C(NCC1CCOC1)NCC(C)N1CCc2sccc2C1. The van der Waals surface area contributed by atoms with E-state index in [-0.39, 0.29) is 0 Å². The number of guanidine groups is 1. The molecule has 5 nitrogen and oxygen atoms in total. The van der Waals surface area contributed by atoms with Gasteiger partial charge in [0.2, 0.25) is 0 Å². The van der Waals surface area contributed by atoms with Gasteiger partial charge in [-0.25, -0.2) is 0 Å². The molecule has 0 aliphatic carbocycles. The Hall–Kier alpha value is -1.11. The molecule has 0 bridgehead atoms. The van der Waals surface area contributed by atoms with Gasteiger partial charge in [0.05, 0.1) is 6.61 Å². The summed E-state index contributed by atoms with van der Waals surface area (Å²) in [5.41, 5.74) is 1.51. The van der Waals surface area contributed by atoms with Crippen LogP contribution in [0.2, 0.25) is 0 Å². The van der Waals surface area contributed by atoms with Crippen molar-refractivity contribution in [1.29, 1.82) is 0 Å². The van der Waals surface area contributed by atoms with Crippen molar-refractivity contribution in [1.82, 2.24) is 15.5 Å². The van der Waals surface area contributed by atoms with Crippen LogP contribution in [0.3, 0.4) is 0 Å². The molecule has 1 fully saturated rings. The van der Waals surface area contributed by atoms with E-state index in [1.807, 2.05) is 18.4 Å². The average molecular weight is 337 g/mol. The van der Waals surface area contributed by atoms with Gasteiger partial charge in [-0.3, -0.25) is 9.89 Å². The van der Waals surface area contributed by atoms with Crippen LogP contribution >= 0.6 is 11.3 Å². The largest absolute Gasteiger partial charge is 0.381 e. The van der Waals surface area contributed by atoms with Crippen LogP contribution in [0.15, 0.2) is 16.4 Å². The number of nitrogens with zero attached hydrogens (tertiary/aromatic N) is 2. The molecule has 1 aromatic heterocycles. The van der Waals surface area contributed by atoms with Crippen LogP contribution in [0.5, 0.6) is 0 Å². The molecule has 0 spiro atoms. The van der Waals surface area contributed by atoms with Gasteiger partial charge >= 0.3 is 0 Å². The van der Waals surface area contributed by atoms with Crippen LogP contribution in [0.4, 0.5) is 0 Å². The number of ether oxygens (including phenoxy) is 1. The molecule has 0 saturated carbocycles. The van der Waals surface area contributed by atoms with E-state index in [1.54, 1.807) is 4.88 Å². The average Bonchev–Trinajstić information content (AvgIpc) is 3.25. The third kappa shape index (κ3) is 4.46. The van der Waals surface area contributed by atoms with Crippen LogP contribution in [0.25, 0.3) is 0 Å². The molecule has 6 heteroatoms. The quantitative estimate of drug-likeness (QED) is 0.635. The Morgan fingerprint density at radius 1 is 1.52 bits per heavy atom. The summed E-state index contributed by atoms with van der Waals surface area (Å²) < 4.78 is 5.42. The first-order valence-corrected chi connectivity index (χ1v) is 9.45. The molecule has 23 heavy (non-hydrogen) atoms. The number of fused-ring (bicyclic) bond motifs is 1. The lowest BCUT2D eigenvalue weighted by Crippen LogP contribution is -2.47. The molecule has 2 aliphatic heterocycles. The van der Waals surface area contributed by atoms with Crippen molar-refractivity contribution in [3.05, 3.63) is 21.9 Å². The number of hydrogen-bond donors (Lipinski definition) is 2. The van der Waals surface area contributed by atoms with Crippen molar-refractivity contribution in [2.75, 3.05) is 39.9 Å². The van der Waals surface area contributed by atoms with Crippen LogP contribution < -0.4 is 10.6 Å². The minimum absolute atomic E-state index is 0.497. The highest BCUT2D eigenvalue weighted by atomic mass is 32.1. The molecule has 3 rings (SSSR count). The first-order valence-electron chi connectivity index (χ1n) is 8.58. The van der Waals surface area contributed by atoms with E-state index in [2.05, 4.69) is 38.9 Å². The highest BCUT2D eigenvalue weighted by molar-refractivity contribution is 7.10. The second kappa shape index (κ2) is 8.13. The van der Waals surface area contributed by atoms with Crippen molar-refractivity contribution in [3.63, 3.8) is 0 Å². The zero-order valence-electron chi connectivity index (χ0n) is 14.2. The van der Waals surface area contributed by atoms with E-state index < -0.39 is 0 Å². The fourth-order valence-corrected chi connectivity index (χ4v) is 4.12. The lowest BCUT2D eigenvalue weighted by Gasteiger charge is -2.32. The number of nitrogens with one attached hydrogen (secondary N) is 2. The summed E-state index contributed by atoms with van der Waals surface area (Å²) in [5, 5.41) is 9.11. The second-order valence-electron chi connectivity index (χ2n) is 6.50. The van der Waals surface area contributed by atoms with E-state index in [0.29, 0.717) is 12.0 Å². The predicted octanol–water partition coefficient (Wildman–Crippen LogP) is 1.70. The molecule has 3 heterocycles. The molecule has 1 saturated heterocycles. The first kappa shape index (κ1) is 16.7. The summed E-state index contributed by atoms with van der Waals surface area (Å²) in [5.74, 6) is 1.52. The Labute approximate surface area is 143 Å². The Kier molecular flexibility index (Phi) is 5.91. The van der Waals surface area contributed by atoms with E-state index in [9.17, 15) is 0 Å². The van der Waals surface area contributed by atoms with Crippen molar-refractivity contribution < 1.29 is 4.74 Å². The minimum Gasteiger partial charge on any atom is -0.381 e. The van der Waals surface area contributed by atoms with Crippen LogP contribution in [0.1, 0.15) is 23.8 Å². The second-order valence-corrected chi connectivity index (χ2v) is 7.50. The van der Waals surface area contributed by atoms with Crippen molar-refractivity contribution in [3.8, 4) is 0 Å². The lowest BCUT2D eigenvalue weighted by molar-refractivity contribution is 0.186. The maximum Gasteiger partial charge on any atom is 0.191 e. The maximum absolute atomic E-state index is 5.42. The van der Waals surface area contributed by atoms with Gasteiger partial charge in [-0.2, -0.15) is 0 Å². The Morgan fingerprint density at radius 3 is 3.22 bits per heavy atom. The molecule has 0 radical (unpaired) electrons. The molecule has 0 amide bonds. The molecule has 2 aliphatic rings. The maximum atomic E-state index is 5.42. The zero-order chi connectivity index (χ0) is 16.1. The number of thiophene rings is 1. The number of rotatable bonds is 5. The van der Waals surface area contributed by atoms with Crippen molar-refractivity contribution in [2.24, 2.45) is 10.9 Å². The summed E-state index contributed by atoms with van der Waals surface area (Å²) in [6, 6.07) is 2.77. The number of aliphatic imine (C=N–C) groups is 1. The van der Waals surface area contributed by atoms with Crippen LogP contribution in [-0.2, 0) is 17.7 Å². The third-order valence-corrected chi connectivity index (χ3v) is 5.85. The Balaban J connectivity index is 1.41. The normalized spacial score (nSPS) is 23.6. The summed E-state index contributed by atoms with van der Waals surface area (Å²) in [6.07, 6.45) is 2.34. The summed E-state index contributed by atoms with van der Waals surface area (Å²) in [4.78, 5) is 8.45. The van der Waals surface area contributed by atoms with Crippen molar-refractivity contribution >= 4 is 17.3 Å². The van der Waals surface area contributed by atoms with E-state index in [0.717, 1.165) is 51.8 Å². The van der Waals surface area contributed by atoms with Gasteiger partial charge in [0.25, 0.3) is 0 Å². The lowest BCUT2D eigenvalue weighted by atomic mass is 10.1. The summed E-state index contributed by atoms with van der Waals surface area (Å²) in [7, 11) is 1.84. The topological polar surface area (TPSA) is 48.9 Å². The van der Waals surface area contributed by atoms with E-state index in [4.69, 9.17) is 4.74 Å². The van der Waals surface area contributed by atoms with Gasteiger partial charge in [0.15, 0.2) is 5.96 Å². The van der Waals surface area contributed by atoms with E-state index >= 15 is 0 Å². The summed E-state index contributed by atoms with van der Waals surface area (Å²) in [6.45, 7) is 8.15. The fraction of sp³-hybridized carbons (Fsp3) is 0.706. The van der Waals surface area contributed by atoms with Gasteiger partial charge in [-0.05, 0) is 36.8 Å². The van der Waals surface area contributed by atoms with Gasteiger partial charge in [0, 0.05) is 56.7 Å². The third-order valence-electron chi connectivity index (χ3n) is 4.83. The predicted molar refractivity (Wildman–Crippen MR) is 96.2 cm³/mol. The summed E-state index contributed by atoms with van der Waals surface area (Å²) >= 11 is 1.90. The van der Waals surface area contributed by atoms with Gasteiger partial charge in [-0.15, -0.1) is 11.3 Å². The van der Waals surface area contributed by atoms with Gasteiger partial charge < -0.3 is 15.4 Å². The highest BCUT2D eigenvalue weighted by Gasteiger charge is 2.21. The molecular weight excluding hydrogens is 308 g/mol. The Morgan fingerprint density at radius 2 is 2.43 bits per heavy atom. The monoisotopic (exact) mass is 336 g/mol. The molecule has 128 valence electrons. The van der Waals surface area contributed by atoms with Crippen molar-refractivity contribution in [2.45, 2.75) is 32.4 Å². The minimum atomic E-state index is 0.497. The highest BCUT2D eigenvalue weighted by Crippen LogP contribution is 2.24. The molecular formula is C17H28N4OS. The van der Waals surface area contributed by atoms with Gasteiger partial charge in [0.1, 0.15) is 0 Å². The van der Waals surface area contributed by atoms with Crippen LogP contribution in [-0.4, -0.2) is 56.8 Å². The molecule has 1 aromatic rings. The first-order chi connectivity index (χ1) is 11.3. The molecule has 2 atom stereocenters. The molecule has 2 N–H and O–H groups in total. The Bertz CT molecular complexity index is 524.